The van der Waals surface area contributed by atoms with Gasteiger partial charge in [0.05, 0.1) is 0 Å². The highest BCUT2D eigenvalue weighted by molar-refractivity contribution is 7.99. The number of carbonyl (C=O) groups is 1. The normalized spacial score (nSPS) is 18.5. The number of thioether (sulfide) groups is 1. The van der Waals surface area contributed by atoms with E-state index in [1.165, 1.54) is 12.1 Å². The van der Waals surface area contributed by atoms with Gasteiger partial charge in [-0.3, -0.25) is 4.79 Å². The first kappa shape index (κ1) is 11.5. The Balaban J connectivity index is 1.94. The molecule has 0 N–H and O–H groups in total. The fraction of sp³-hybridized carbons (Fsp3) is 0.133. The lowest BCUT2D eigenvalue weighted by atomic mass is 10.0. The molecule has 18 heavy (non-hydrogen) atoms. The summed E-state index contributed by atoms with van der Waals surface area (Å²) >= 11 is 1.68. The summed E-state index contributed by atoms with van der Waals surface area (Å²) in [5.41, 5.74) is 1.81. The number of ketones is 1. The van der Waals surface area contributed by atoms with Gasteiger partial charge in [-0.2, -0.15) is 0 Å². The van der Waals surface area contributed by atoms with Crippen LogP contribution in [-0.4, -0.2) is 5.78 Å². The number of hydrogen-bond donors (Lipinski definition) is 0. The second-order valence-electron chi connectivity index (χ2n) is 4.28. The third kappa shape index (κ3) is 2.06. The molecule has 1 atom stereocenters. The molecular formula is C15H11FOS. The first-order chi connectivity index (χ1) is 8.74. The molecule has 1 heterocycles. The molecule has 0 radical (unpaired) electrons. The monoisotopic (exact) mass is 258 g/mol. The zero-order chi connectivity index (χ0) is 12.5. The smallest absolute Gasteiger partial charge is 0.165 e. The number of carbonyl (C=O) groups excluding carboxylic acids is 1. The third-order valence-electron chi connectivity index (χ3n) is 3.07. The molecule has 1 nitrogen and oxygen atoms in total. The van der Waals surface area contributed by atoms with Crippen LogP contribution in [0.4, 0.5) is 4.39 Å². The third-order valence-corrected chi connectivity index (χ3v) is 4.40. The second-order valence-corrected chi connectivity index (χ2v) is 5.53. The van der Waals surface area contributed by atoms with Crippen LogP contribution >= 0.6 is 11.8 Å². The van der Waals surface area contributed by atoms with Gasteiger partial charge in [0.25, 0.3) is 0 Å². The van der Waals surface area contributed by atoms with Crippen molar-refractivity contribution in [1.29, 1.82) is 0 Å². The van der Waals surface area contributed by atoms with E-state index in [0.29, 0.717) is 6.42 Å². The highest BCUT2D eigenvalue weighted by atomic mass is 32.2. The SMILES string of the molecule is O=C1CC(c2ccc(F)cc2)Sc2ccccc21. The summed E-state index contributed by atoms with van der Waals surface area (Å²) in [6.07, 6.45) is 0.479. The Morgan fingerprint density at radius 2 is 1.78 bits per heavy atom. The average Bonchev–Trinajstić information content (AvgIpc) is 2.39. The van der Waals surface area contributed by atoms with Crippen LogP contribution in [0.3, 0.4) is 0 Å². The second kappa shape index (κ2) is 4.58. The van der Waals surface area contributed by atoms with Crippen LogP contribution in [0.1, 0.15) is 27.6 Å². The molecule has 0 spiro atoms. The molecule has 0 aromatic heterocycles. The molecule has 0 saturated heterocycles. The molecule has 2 aromatic carbocycles. The van der Waals surface area contributed by atoms with E-state index in [9.17, 15) is 9.18 Å². The van der Waals surface area contributed by atoms with E-state index in [1.807, 2.05) is 24.3 Å². The van der Waals surface area contributed by atoms with Gasteiger partial charge in [0.15, 0.2) is 5.78 Å². The average molecular weight is 258 g/mol. The lowest BCUT2D eigenvalue weighted by Gasteiger charge is -2.23. The Kier molecular flexibility index (Phi) is 2.92. The molecule has 0 fully saturated rings. The predicted octanol–water partition coefficient (Wildman–Crippen LogP) is 4.25. The Bertz CT molecular complexity index is 592. The van der Waals surface area contributed by atoms with Crippen LogP contribution in [-0.2, 0) is 0 Å². The summed E-state index contributed by atoms with van der Waals surface area (Å²) in [4.78, 5) is 13.1. The summed E-state index contributed by atoms with van der Waals surface area (Å²) in [5.74, 6) is -0.0787. The summed E-state index contributed by atoms with van der Waals surface area (Å²) in [7, 11) is 0. The zero-order valence-corrected chi connectivity index (χ0v) is 10.4. The maximum atomic E-state index is 12.9. The Labute approximate surface area is 109 Å². The van der Waals surface area contributed by atoms with Gasteiger partial charge >= 0.3 is 0 Å². The van der Waals surface area contributed by atoms with E-state index in [4.69, 9.17) is 0 Å². The fourth-order valence-electron chi connectivity index (χ4n) is 2.14. The molecule has 2 aromatic rings. The van der Waals surface area contributed by atoms with Gasteiger partial charge in [-0.1, -0.05) is 30.3 Å². The molecule has 0 bridgehead atoms. The Morgan fingerprint density at radius 3 is 2.56 bits per heavy atom. The fourth-order valence-corrected chi connectivity index (χ4v) is 3.44. The maximum absolute atomic E-state index is 12.9. The van der Waals surface area contributed by atoms with Crippen LogP contribution in [0, 0.1) is 5.82 Å². The lowest BCUT2D eigenvalue weighted by molar-refractivity contribution is 0.0976. The Hall–Kier alpha value is -1.61. The van der Waals surface area contributed by atoms with Crippen LogP contribution in [0.15, 0.2) is 53.4 Å². The molecule has 0 saturated carbocycles. The highest BCUT2D eigenvalue weighted by Crippen LogP contribution is 2.44. The summed E-state index contributed by atoms with van der Waals surface area (Å²) in [5, 5.41) is 0.0907. The summed E-state index contributed by atoms with van der Waals surface area (Å²) in [6, 6.07) is 14.1. The molecule has 3 heteroatoms. The topological polar surface area (TPSA) is 17.1 Å². The maximum Gasteiger partial charge on any atom is 0.165 e. The van der Waals surface area contributed by atoms with Gasteiger partial charge in [0.2, 0.25) is 0 Å². The molecule has 1 unspecified atom stereocenters. The van der Waals surface area contributed by atoms with Crippen molar-refractivity contribution < 1.29 is 9.18 Å². The van der Waals surface area contributed by atoms with Crippen molar-refractivity contribution in [2.75, 3.05) is 0 Å². The van der Waals surface area contributed by atoms with Crippen LogP contribution in [0.25, 0.3) is 0 Å². The minimum Gasteiger partial charge on any atom is -0.294 e. The molecule has 1 aliphatic rings. The van der Waals surface area contributed by atoms with Crippen LogP contribution in [0.5, 0.6) is 0 Å². The molecule has 1 aliphatic heterocycles. The minimum absolute atomic E-state index is 0.0907. The number of halogens is 1. The number of hydrogen-bond acceptors (Lipinski definition) is 2. The van der Waals surface area contributed by atoms with Gasteiger partial charge in [-0.25, -0.2) is 4.39 Å². The standard InChI is InChI=1S/C15H11FOS/c16-11-7-5-10(6-8-11)15-9-13(17)12-3-1-2-4-14(12)18-15/h1-8,15H,9H2. The van der Waals surface area contributed by atoms with Crippen molar-refractivity contribution in [2.24, 2.45) is 0 Å². The van der Waals surface area contributed by atoms with Crippen LogP contribution in [0.2, 0.25) is 0 Å². The van der Waals surface area contributed by atoms with Gasteiger partial charge in [-0.15, -0.1) is 11.8 Å². The molecule has 0 aliphatic carbocycles. The molecule has 90 valence electrons. The van der Waals surface area contributed by atoms with Gasteiger partial charge in [-0.05, 0) is 23.8 Å². The van der Waals surface area contributed by atoms with Crippen molar-refractivity contribution in [3.8, 4) is 0 Å². The van der Waals surface area contributed by atoms with E-state index >= 15 is 0 Å². The predicted molar refractivity (Wildman–Crippen MR) is 70.4 cm³/mol. The minimum atomic E-state index is -0.244. The van der Waals surface area contributed by atoms with Crippen molar-refractivity contribution in [1.82, 2.24) is 0 Å². The largest absolute Gasteiger partial charge is 0.294 e. The first-order valence-electron chi connectivity index (χ1n) is 5.78. The van der Waals surface area contributed by atoms with E-state index in [2.05, 4.69) is 0 Å². The molecule has 3 rings (SSSR count). The van der Waals surface area contributed by atoms with Gasteiger partial charge in [0, 0.05) is 22.1 Å². The van der Waals surface area contributed by atoms with Crippen molar-refractivity contribution in [2.45, 2.75) is 16.6 Å². The van der Waals surface area contributed by atoms with E-state index in [0.717, 1.165) is 16.0 Å². The first-order valence-corrected chi connectivity index (χ1v) is 6.66. The van der Waals surface area contributed by atoms with E-state index < -0.39 is 0 Å². The van der Waals surface area contributed by atoms with Gasteiger partial charge < -0.3 is 0 Å². The number of rotatable bonds is 1. The molecular weight excluding hydrogens is 247 g/mol. The summed E-state index contributed by atoms with van der Waals surface area (Å²) in [6.45, 7) is 0. The van der Waals surface area contributed by atoms with Crippen molar-refractivity contribution in [3.63, 3.8) is 0 Å². The number of benzene rings is 2. The van der Waals surface area contributed by atoms with E-state index in [-0.39, 0.29) is 16.9 Å². The number of fused-ring (bicyclic) bond motifs is 1. The van der Waals surface area contributed by atoms with Crippen molar-refractivity contribution in [3.05, 3.63) is 65.5 Å². The number of Topliss-reactive ketones (excluding diaryl/α,β-unsaturated/α-hetero) is 1. The van der Waals surface area contributed by atoms with Gasteiger partial charge in [0.1, 0.15) is 5.82 Å². The van der Waals surface area contributed by atoms with Crippen molar-refractivity contribution >= 4 is 17.5 Å². The Morgan fingerprint density at radius 1 is 1.06 bits per heavy atom. The molecule has 0 amide bonds. The van der Waals surface area contributed by atoms with Crippen LogP contribution < -0.4 is 0 Å². The zero-order valence-electron chi connectivity index (χ0n) is 9.60. The lowest BCUT2D eigenvalue weighted by Crippen LogP contribution is -2.11. The quantitative estimate of drug-likeness (QED) is 0.760. The highest BCUT2D eigenvalue weighted by Gasteiger charge is 2.26. The summed E-state index contributed by atoms with van der Waals surface area (Å²) < 4.78 is 12.9. The van der Waals surface area contributed by atoms with E-state index in [1.54, 1.807) is 23.9 Å².